The number of H-pyrrole nitrogens is 1. The highest BCUT2D eigenvalue weighted by Gasteiger charge is 2.15. The molecule has 1 aromatic rings. The van der Waals surface area contributed by atoms with Crippen molar-refractivity contribution >= 4 is 11.6 Å². The van der Waals surface area contributed by atoms with Gasteiger partial charge < -0.3 is 9.72 Å². The van der Waals surface area contributed by atoms with Crippen LogP contribution in [0.2, 0.25) is 0 Å². The second-order valence-corrected chi connectivity index (χ2v) is 2.82. The maximum Gasteiger partial charge on any atom is 0.112 e. The van der Waals surface area contributed by atoms with Crippen molar-refractivity contribution in [3.63, 3.8) is 0 Å². The van der Waals surface area contributed by atoms with E-state index >= 15 is 0 Å². The number of hydrogen-bond donors (Lipinski definition) is 1. The Morgan fingerprint density at radius 3 is 3.08 bits per heavy atom. The van der Waals surface area contributed by atoms with Crippen molar-refractivity contribution in [3.05, 3.63) is 23.5 Å². The van der Waals surface area contributed by atoms with Crippen molar-refractivity contribution in [1.82, 2.24) is 4.98 Å². The van der Waals surface area contributed by atoms with Gasteiger partial charge in [0.05, 0.1) is 17.1 Å². The van der Waals surface area contributed by atoms with Crippen LogP contribution in [0, 0.1) is 11.3 Å². The van der Waals surface area contributed by atoms with Crippen LogP contribution in [0.15, 0.2) is 12.3 Å². The summed E-state index contributed by atoms with van der Waals surface area (Å²) in [6.45, 7) is 2.48. The fourth-order valence-corrected chi connectivity index (χ4v) is 1.40. The fraction of sp³-hybridized carbons (Fsp3) is 0.444. The van der Waals surface area contributed by atoms with Crippen molar-refractivity contribution in [2.24, 2.45) is 0 Å². The highest BCUT2D eigenvalue weighted by Crippen LogP contribution is 2.20. The van der Waals surface area contributed by atoms with Crippen LogP contribution >= 0.6 is 11.6 Å². The van der Waals surface area contributed by atoms with Gasteiger partial charge in [-0.2, -0.15) is 5.26 Å². The Bertz CT molecular complexity index is 303. The number of aromatic amines is 1. The molecule has 1 aromatic heterocycles. The number of rotatable bonds is 4. The largest absolute Gasteiger partial charge is 0.371 e. The Morgan fingerprint density at radius 2 is 2.54 bits per heavy atom. The number of halogens is 1. The molecule has 0 aliphatic rings. The van der Waals surface area contributed by atoms with Crippen molar-refractivity contribution < 1.29 is 4.74 Å². The van der Waals surface area contributed by atoms with Gasteiger partial charge in [-0.15, -0.1) is 11.6 Å². The highest BCUT2D eigenvalue weighted by molar-refractivity contribution is 6.18. The summed E-state index contributed by atoms with van der Waals surface area (Å²) in [7, 11) is 0. The van der Waals surface area contributed by atoms with Gasteiger partial charge in [0.1, 0.15) is 12.2 Å². The van der Waals surface area contributed by atoms with Crippen molar-refractivity contribution in [3.8, 4) is 6.07 Å². The Kier molecular flexibility index (Phi) is 3.81. The van der Waals surface area contributed by atoms with E-state index in [9.17, 15) is 0 Å². The van der Waals surface area contributed by atoms with Gasteiger partial charge in [0, 0.05) is 12.8 Å². The number of nitrogens with zero attached hydrogens (tertiary/aromatic N) is 1. The van der Waals surface area contributed by atoms with Crippen molar-refractivity contribution in [2.45, 2.75) is 13.0 Å². The van der Waals surface area contributed by atoms with Crippen molar-refractivity contribution in [1.29, 1.82) is 5.26 Å². The maximum absolute atomic E-state index is 8.75. The average molecular weight is 199 g/mol. The molecule has 1 rings (SSSR count). The molecule has 0 amide bonds. The Labute approximate surface area is 82.3 Å². The molecule has 0 radical (unpaired) electrons. The average Bonchev–Trinajstić information content (AvgIpc) is 2.61. The van der Waals surface area contributed by atoms with Gasteiger partial charge >= 0.3 is 0 Å². The summed E-state index contributed by atoms with van der Waals surface area (Å²) in [5, 5.41) is 8.75. The third-order valence-corrected chi connectivity index (χ3v) is 2.01. The van der Waals surface area contributed by atoms with Gasteiger partial charge in [0.2, 0.25) is 0 Å². The quantitative estimate of drug-likeness (QED) is 0.755. The van der Waals surface area contributed by atoms with E-state index in [1.807, 2.05) is 6.92 Å². The number of nitrogens with one attached hydrogen (secondary N) is 1. The second kappa shape index (κ2) is 4.90. The predicted octanol–water partition coefficient (Wildman–Crippen LogP) is 2.20. The van der Waals surface area contributed by atoms with Gasteiger partial charge in [0.25, 0.3) is 0 Å². The number of ether oxygens (including phenoxy) is 1. The summed E-state index contributed by atoms with van der Waals surface area (Å²) in [6.07, 6.45) is 1.50. The number of hydrogen-bond acceptors (Lipinski definition) is 2. The molecule has 1 atom stereocenters. The fourth-order valence-electron chi connectivity index (χ4n) is 1.15. The summed E-state index contributed by atoms with van der Waals surface area (Å²) in [5.74, 6) is 0.350. The molecule has 4 heteroatoms. The zero-order chi connectivity index (χ0) is 9.68. The predicted molar refractivity (Wildman–Crippen MR) is 50.6 cm³/mol. The first-order valence-corrected chi connectivity index (χ1v) is 4.61. The molecule has 0 fully saturated rings. The molecule has 0 aliphatic carbocycles. The summed E-state index contributed by atoms with van der Waals surface area (Å²) < 4.78 is 5.36. The summed E-state index contributed by atoms with van der Waals surface area (Å²) in [6, 6.07) is 3.80. The SMILES string of the molecule is CCOC(CCl)c1[nH]ccc1C#N. The molecule has 0 aromatic carbocycles. The molecule has 13 heavy (non-hydrogen) atoms. The van der Waals surface area contributed by atoms with Crippen LogP contribution in [0.1, 0.15) is 24.3 Å². The summed E-state index contributed by atoms with van der Waals surface area (Å²) >= 11 is 5.71. The number of alkyl halides is 1. The van der Waals surface area contributed by atoms with E-state index in [0.717, 1.165) is 5.69 Å². The third-order valence-electron chi connectivity index (χ3n) is 1.73. The van der Waals surface area contributed by atoms with Gasteiger partial charge in [-0.05, 0) is 13.0 Å². The standard InChI is InChI=1S/C9H11ClN2O/c1-2-13-8(5-10)9-7(6-11)3-4-12-9/h3-4,8,12H,2,5H2,1H3. The lowest BCUT2D eigenvalue weighted by Crippen LogP contribution is -2.07. The molecule has 0 spiro atoms. The van der Waals surface area contributed by atoms with Crippen LogP contribution in [0.5, 0.6) is 0 Å². The molecule has 1 heterocycles. The summed E-state index contributed by atoms with van der Waals surface area (Å²) in [5.41, 5.74) is 1.36. The highest BCUT2D eigenvalue weighted by atomic mass is 35.5. The Balaban J connectivity index is 2.85. The first-order valence-electron chi connectivity index (χ1n) is 4.08. The molecular formula is C9H11ClN2O. The monoisotopic (exact) mass is 198 g/mol. The topological polar surface area (TPSA) is 48.8 Å². The van der Waals surface area contributed by atoms with E-state index in [0.29, 0.717) is 18.1 Å². The Hall–Kier alpha value is -0.980. The van der Waals surface area contributed by atoms with Crippen LogP contribution in [0.25, 0.3) is 0 Å². The minimum atomic E-state index is -0.212. The van der Waals surface area contributed by atoms with Crippen LogP contribution in [-0.4, -0.2) is 17.5 Å². The third kappa shape index (κ3) is 2.24. The van der Waals surface area contributed by atoms with Crippen LogP contribution < -0.4 is 0 Å². The van der Waals surface area contributed by atoms with Crippen LogP contribution in [0.4, 0.5) is 0 Å². The molecule has 0 aliphatic heterocycles. The lowest BCUT2D eigenvalue weighted by molar-refractivity contribution is 0.0760. The second-order valence-electron chi connectivity index (χ2n) is 2.52. The van der Waals surface area contributed by atoms with Gasteiger partial charge in [-0.1, -0.05) is 0 Å². The van der Waals surface area contributed by atoms with E-state index < -0.39 is 0 Å². The number of nitriles is 1. The van der Waals surface area contributed by atoms with E-state index in [4.69, 9.17) is 21.6 Å². The molecule has 1 N–H and O–H groups in total. The van der Waals surface area contributed by atoms with E-state index in [-0.39, 0.29) is 6.10 Å². The van der Waals surface area contributed by atoms with E-state index in [2.05, 4.69) is 11.1 Å². The molecule has 70 valence electrons. The smallest absolute Gasteiger partial charge is 0.112 e. The first-order chi connectivity index (χ1) is 6.33. The van der Waals surface area contributed by atoms with Gasteiger partial charge in [-0.25, -0.2) is 0 Å². The molecule has 0 bridgehead atoms. The molecule has 1 unspecified atom stereocenters. The molecule has 0 saturated carbocycles. The molecule has 3 nitrogen and oxygen atoms in total. The van der Waals surface area contributed by atoms with Crippen molar-refractivity contribution in [2.75, 3.05) is 12.5 Å². The van der Waals surface area contributed by atoms with E-state index in [1.165, 1.54) is 0 Å². The zero-order valence-electron chi connectivity index (χ0n) is 7.38. The normalized spacial score (nSPS) is 12.4. The summed E-state index contributed by atoms with van der Waals surface area (Å²) in [4.78, 5) is 2.96. The minimum absolute atomic E-state index is 0.212. The molecular weight excluding hydrogens is 188 g/mol. The lowest BCUT2D eigenvalue weighted by atomic mass is 10.2. The zero-order valence-corrected chi connectivity index (χ0v) is 8.14. The van der Waals surface area contributed by atoms with Crippen LogP contribution in [0.3, 0.4) is 0 Å². The van der Waals surface area contributed by atoms with Gasteiger partial charge in [-0.3, -0.25) is 0 Å². The Morgan fingerprint density at radius 1 is 1.77 bits per heavy atom. The lowest BCUT2D eigenvalue weighted by Gasteiger charge is -2.12. The van der Waals surface area contributed by atoms with Gasteiger partial charge in [0.15, 0.2) is 0 Å². The van der Waals surface area contributed by atoms with Crippen LogP contribution in [-0.2, 0) is 4.74 Å². The molecule has 0 saturated heterocycles. The maximum atomic E-state index is 8.75. The van der Waals surface area contributed by atoms with E-state index in [1.54, 1.807) is 12.3 Å². The first kappa shape index (κ1) is 10.1. The number of aromatic nitrogens is 1. The minimum Gasteiger partial charge on any atom is -0.371 e.